The number of aryl methyl sites for hydroxylation is 1. The number of benzene rings is 1. The summed E-state index contributed by atoms with van der Waals surface area (Å²) in [6, 6.07) is 6.36. The summed E-state index contributed by atoms with van der Waals surface area (Å²) in [4.78, 5) is 11.6. The van der Waals surface area contributed by atoms with Crippen LogP contribution in [-0.2, 0) is 19.4 Å². The van der Waals surface area contributed by atoms with E-state index in [2.05, 4.69) is 0 Å². The van der Waals surface area contributed by atoms with Gasteiger partial charge in [0.05, 0.1) is 4.90 Å². The summed E-state index contributed by atoms with van der Waals surface area (Å²) in [5.41, 5.74) is 0.959. The predicted molar refractivity (Wildman–Crippen MR) is 78.1 cm³/mol. The molecule has 4 nitrogen and oxygen atoms in total. The van der Waals surface area contributed by atoms with E-state index in [1.807, 2.05) is 19.9 Å². The Labute approximate surface area is 119 Å². The van der Waals surface area contributed by atoms with Gasteiger partial charge in [-0.1, -0.05) is 35.9 Å². The lowest BCUT2D eigenvalue weighted by atomic mass is 10.2. The minimum atomic E-state index is -3.64. The second-order valence-electron chi connectivity index (χ2n) is 4.21. The van der Waals surface area contributed by atoms with Crippen LogP contribution in [0.25, 0.3) is 0 Å². The number of rotatable bonds is 6. The lowest BCUT2D eigenvalue weighted by molar-refractivity contribution is -0.139. The number of ether oxygens (including phenoxy) is 1. The Hall–Kier alpha value is -1.88. The molecule has 0 saturated carbocycles. The van der Waals surface area contributed by atoms with Crippen LogP contribution in [0.1, 0.15) is 12.5 Å². The smallest absolute Gasteiger partial charge is 0.321 e. The van der Waals surface area contributed by atoms with Crippen LogP contribution in [0, 0.1) is 6.92 Å². The van der Waals surface area contributed by atoms with E-state index in [-0.39, 0.29) is 11.5 Å². The van der Waals surface area contributed by atoms with Crippen LogP contribution in [0.2, 0.25) is 0 Å². The Morgan fingerprint density at radius 2 is 1.85 bits per heavy atom. The van der Waals surface area contributed by atoms with Crippen LogP contribution in [0.15, 0.2) is 53.5 Å². The van der Waals surface area contributed by atoms with Crippen LogP contribution in [0.3, 0.4) is 0 Å². The highest BCUT2D eigenvalue weighted by Gasteiger charge is 2.19. The van der Waals surface area contributed by atoms with Crippen LogP contribution in [0.5, 0.6) is 0 Å². The molecule has 0 aliphatic carbocycles. The molecule has 0 aliphatic rings. The summed E-state index contributed by atoms with van der Waals surface area (Å²) in [6.07, 6.45) is 6.98. The molecule has 108 valence electrons. The molecule has 0 fully saturated rings. The second kappa shape index (κ2) is 7.65. The van der Waals surface area contributed by atoms with Crippen molar-refractivity contribution in [2.75, 3.05) is 12.4 Å². The fourth-order valence-corrected chi connectivity index (χ4v) is 2.52. The molecule has 20 heavy (non-hydrogen) atoms. The van der Waals surface area contributed by atoms with Crippen molar-refractivity contribution in [2.45, 2.75) is 18.7 Å². The lowest BCUT2D eigenvalue weighted by Gasteiger charge is -2.04. The summed E-state index contributed by atoms with van der Waals surface area (Å²) in [6.45, 7) is 3.79. The molecule has 0 atom stereocenters. The van der Waals surface area contributed by atoms with Gasteiger partial charge in [-0.3, -0.25) is 4.79 Å². The summed E-state index contributed by atoms with van der Waals surface area (Å²) < 4.78 is 28.7. The number of esters is 1. The molecule has 1 aromatic rings. The third-order valence-corrected chi connectivity index (χ3v) is 4.07. The fraction of sp³-hybridized carbons (Fsp3) is 0.267. The molecule has 0 saturated heterocycles. The third kappa shape index (κ3) is 5.40. The first kappa shape index (κ1) is 16.2. The molecule has 0 aromatic heterocycles. The van der Waals surface area contributed by atoms with Gasteiger partial charge in [-0.15, -0.1) is 0 Å². The second-order valence-corrected chi connectivity index (χ2v) is 6.20. The number of carbonyl (C=O) groups is 1. The maximum Gasteiger partial charge on any atom is 0.321 e. The number of sulfone groups is 1. The molecule has 0 spiro atoms. The molecule has 0 radical (unpaired) electrons. The monoisotopic (exact) mass is 294 g/mol. The van der Waals surface area contributed by atoms with E-state index in [0.29, 0.717) is 0 Å². The highest BCUT2D eigenvalue weighted by molar-refractivity contribution is 7.92. The predicted octanol–water partition coefficient (Wildman–Crippen LogP) is 2.44. The van der Waals surface area contributed by atoms with Crippen molar-refractivity contribution >= 4 is 15.8 Å². The third-order valence-electron chi connectivity index (χ3n) is 2.47. The van der Waals surface area contributed by atoms with E-state index in [1.54, 1.807) is 30.4 Å². The SMILES string of the molecule is C/C=C/C=C/COC(=O)CS(=O)(=O)c1ccc(C)cc1. The largest absolute Gasteiger partial charge is 0.461 e. The van der Waals surface area contributed by atoms with Gasteiger partial charge in [0.2, 0.25) is 0 Å². The quantitative estimate of drug-likeness (QED) is 0.597. The van der Waals surface area contributed by atoms with Crippen molar-refractivity contribution in [3.63, 3.8) is 0 Å². The van der Waals surface area contributed by atoms with E-state index < -0.39 is 21.6 Å². The molecule has 1 rings (SSSR count). The Morgan fingerprint density at radius 3 is 2.45 bits per heavy atom. The van der Waals surface area contributed by atoms with Crippen molar-refractivity contribution in [3.8, 4) is 0 Å². The normalized spacial score (nSPS) is 12.1. The van der Waals surface area contributed by atoms with Gasteiger partial charge in [-0.25, -0.2) is 8.42 Å². The fourth-order valence-electron chi connectivity index (χ4n) is 1.41. The number of hydrogen-bond acceptors (Lipinski definition) is 4. The highest BCUT2D eigenvalue weighted by atomic mass is 32.2. The maximum atomic E-state index is 12.0. The molecule has 5 heteroatoms. The van der Waals surface area contributed by atoms with Crippen molar-refractivity contribution in [1.82, 2.24) is 0 Å². The number of hydrogen-bond donors (Lipinski definition) is 0. The summed E-state index contributed by atoms with van der Waals surface area (Å²) in [5, 5.41) is 0. The first-order valence-corrected chi connectivity index (χ1v) is 7.84. The first-order chi connectivity index (χ1) is 9.45. The van der Waals surface area contributed by atoms with Crippen molar-refractivity contribution in [2.24, 2.45) is 0 Å². The lowest BCUT2D eigenvalue weighted by Crippen LogP contribution is -2.18. The van der Waals surface area contributed by atoms with Gasteiger partial charge in [0.25, 0.3) is 0 Å². The molecule has 0 bridgehead atoms. The summed E-state index contributed by atoms with van der Waals surface area (Å²) in [5.74, 6) is -1.40. The molecular weight excluding hydrogens is 276 g/mol. The van der Waals surface area contributed by atoms with Crippen LogP contribution in [0.4, 0.5) is 0 Å². The molecule has 0 heterocycles. The number of allylic oxidation sites excluding steroid dienone is 3. The van der Waals surface area contributed by atoms with Gasteiger partial charge in [0.1, 0.15) is 6.61 Å². The van der Waals surface area contributed by atoms with Gasteiger partial charge < -0.3 is 4.74 Å². The van der Waals surface area contributed by atoms with Gasteiger partial charge in [0, 0.05) is 0 Å². The average Bonchev–Trinajstić information content (AvgIpc) is 2.38. The Bertz CT molecular complexity index is 595. The van der Waals surface area contributed by atoms with E-state index in [0.717, 1.165) is 5.56 Å². The topological polar surface area (TPSA) is 60.4 Å². The minimum absolute atomic E-state index is 0.0621. The zero-order valence-electron chi connectivity index (χ0n) is 11.6. The molecule has 0 unspecified atom stereocenters. The van der Waals surface area contributed by atoms with E-state index in [4.69, 9.17) is 4.74 Å². The molecular formula is C15H18O4S. The minimum Gasteiger partial charge on any atom is -0.461 e. The summed E-state index contributed by atoms with van der Waals surface area (Å²) >= 11 is 0. The van der Waals surface area contributed by atoms with E-state index in [9.17, 15) is 13.2 Å². The standard InChI is InChI=1S/C15H18O4S/c1-3-4-5-6-11-19-15(16)12-20(17,18)14-9-7-13(2)8-10-14/h3-10H,11-12H2,1-2H3/b4-3+,6-5+. The van der Waals surface area contributed by atoms with Gasteiger partial charge in [-0.2, -0.15) is 0 Å². The van der Waals surface area contributed by atoms with Gasteiger partial charge >= 0.3 is 5.97 Å². The van der Waals surface area contributed by atoms with Crippen LogP contribution in [-0.4, -0.2) is 26.7 Å². The molecule has 0 N–H and O–H groups in total. The maximum absolute atomic E-state index is 12.0. The van der Waals surface area contributed by atoms with E-state index in [1.165, 1.54) is 12.1 Å². The zero-order valence-corrected chi connectivity index (χ0v) is 12.4. The van der Waals surface area contributed by atoms with Gasteiger partial charge in [0.15, 0.2) is 15.6 Å². The zero-order chi connectivity index (χ0) is 15.0. The summed E-state index contributed by atoms with van der Waals surface area (Å²) in [7, 11) is -3.64. The number of carbonyl (C=O) groups excluding carboxylic acids is 1. The van der Waals surface area contributed by atoms with E-state index >= 15 is 0 Å². The highest BCUT2D eigenvalue weighted by Crippen LogP contribution is 2.12. The Kier molecular flexibility index (Phi) is 6.18. The molecule has 1 aromatic carbocycles. The van der Waals surface area contributed by atoms with Gasteiger partial charge in [-0.05, 0) is 32.1 Å². The van der Waals surface area contributed by atoms with Crippen LogP contribution >= 0.6 is 0 Å². The Morgan fingerprint density at radius 1 is 1.20 bits per heavy atom. The average molecular weight is 294 g/mol. The Balaban J connectivity index is 2.58. The first-order valence-electron chi connectivity index (χ1n) is 6.18. The van der Waals surface area contributed by atoms with Crippen LogP contribution < -0.4 is 0 Å². The van der Waals surface area contributed by atoms with Crippen molar-refractivity contribution in [1.29, 1.82) is 0 Å². The molecule has 0 aliphatic heterocycles. The molecule has 0 amide bonds. The van der Waals surface area contributed by atoms with Crippen molar-refractivity contribution in [3.05, 3.63) is 54.1 Å². The van der Waals surface area contributed by atoms with Crippen molar-refractivity contribution < 1.29 is 17.9 Å².